The van der Waals surface area contributed by atoms with Crippen molar-refractivity contribution in [1.29, 1.82) is 0 Å². The van der Waals surface area contributed by atoms with E-state index in [4.69, 9.17) is 4.74 Å². The van der Waals surface area contributed by atoms with E-state index in [1.54, 1.807) is 0 Å². The van der Waals surface area contributed by atoms with Gasteiger partial charge in [-0.2, -0.15) is 0 Å². The Bertz CT molecular complexity index is 961. The number of anilines is 1. The van der Waals surface area contributed by atoms with Crippen LogP contribution in [0.15, 0.2) is 42.5 Å². The zero-order valence-electron chi connectivity index (χ0n) is 18.0. The number of nitrogens with one attached hydrogen (secondary N) is 1. The lowest BCUT2D eigenvalue weighted by Gasteiger charge is -2.35. The molecule has 2 amide bonds. The second-order valence-corrected chi connectivity index (χ2v) is 9.53. The van der Waals surface area contributed by atoms with E-state index in [0.717, 1.165) is 30.5 Å². The zero-order chi connectivity index (χ0) is 21.3. The zero-order valence-corrected chi connectivity index (χ0v) is 18.0. The highest BCUT2D eigenvalue weighted by atomic mass is 16.5. The minimum atomic E-state index is -0.0729. The van der Waals surface area contributed by atoms with Crippen LogP contribution in [-0.2, 0) is 22.6 Å². The van der Waals surface area contributed by atoms with Crippen molar-refractivity contribution in [3.05, 3.63) is 59.2 Å². The molecule has 1 aliphatic carbocycles. The van der Waals surface area contributed by atoms with Gasteiger partial charge in [0.15, 0.2) is 6.61 Å². The second-order valence-electron chi connectivity index (χ2n) is 9.53. The predicted molar refractivity (Wildman–Crippen MR) is 117 cm³/mol. The molecule has 0 fully saturated rings. The van der Waals surface area contributed by atoms with Gasteiger partial charge in [-0.25, -0.2) is 0 Å². The highest BCUT2D eigenvalue weighted by Crippen LogP contribution is 2.37. The van der Waals surface area contributed by atoms with Gasteiger partial charge in [-0.05, 0) is 54.0 Å². The molecule has 0 spiro atoms. The van der Waals surface area contributed by atoms with Crippen LogP contribution in [-0.4, -0.2) is 23.3 Å². The monoisotopic (exact) mass is 406 g/mol. The molecule has 4 rings (SSSR count). The van der Waals surface area contributed by atoms with Crippen LogP contribution in [0.3, 0.4) is 0 Å². The Morgan fingerprint density at radius 3 is 2.77 bits per heavy atom. The highest BCUT2D eigenvalue weighted by molar-refractivity contribution is 5.91. The summed E-state index contributed by atoms with van der Waals surface area (Å²) in [4.78, 5) is 27.2. The molecular weight excluding hydrogens is 376 g/mol. The number of hydrogen-bond donors (Lipinski definition) is 1. The molecule has 158 valence electrons. The van der Waals surface area contributed by atoms with Gasteiger partial charge in [-0.15, -0.1) is 0 Å². The molecule has 0 aromatic heterocycles. The molecule has 1 N–H and O–H groups in total. The Kier molecular flexibility index (Phi) is 5.54. The number of fused-ring (bicyclic) bond motifs is 2. The third kappa shape index (κ3) is 4.50. The molecule has 1 heterocycles. The number of aryl methyl sites for hydroxylation is 1. The molecule has 2 aliphatic rings. The van der Waals surface area contributed by atoms with E-state index in [1.807, 2.05) is 49.9 Å². The van der Waals surface area contributed by atoms with Gasteiger partial charge in [-0.1, -0.05) is 45.0 Å². The Balaban J connectivity index is 1.58. The smallest absolute Gasteiger partial charge is 0.261 e. The summed E-state index contributed by atoms with van der Waals surface area (Å²) in [5.41, 5.74) is 4.17. The van der Waals surface area contributed by atoms with Crippen molar-refractivity contribution in [2.24, 2.45) is 5.41 Å². The van der Waals surface area contributed by atoms with Crippen LogP contribution in [0.1, 0.15) is 62.8 Å². The van der Waals surface area contributed by atoms with Crippen LogP contribution in [0.25, 0.3) is 0 Å². The van der Waals surface area contributed by atoms with Crippen LogP contribution >= 0.6 is 0 Å². The molecule has 0 bridgehead atoms. The summed E-state index contributed by atoms with van der Waals surface area (Å²) in [5.74, 6) is 0.709. The third-order valence-electron chi connectivity index (χ3n) is 5.76. The van der Waals surface area contributed by atoms with Crippen molar-refractivity contribution >= 4 is 17.5 Å². The van der Waals surface area contributed by atoms with Gasteiger partial charge in [0.25, 0.3) is 5.91 Å². The summed E-state index contributed by atoms with van der Waals surface area (Å²) >= 11 is 0. The summed E-state index contributed by atoms with van der Waals surface area (Å²) < 4.78 is 5.81. The maximum absolute atomic E-state index is 12.9. The molecule has 2 aromatic rings. The summed E-state index contributed by atoms with van der Waals surface area (Å²) in [6, 6.07) is 14.1. The SMILES string of the molecule is CC(C)(C)CC(=O)Nc1ccc2c(c1)CN([C@@H]1CCCc3ccccc31)C(=O)CO2. The Labute approximate surface area is 178 Å². The highest BCUT2D eigenvalue weighted by Gasteiger charge is 2.32. The van der Waals surface area contributed by atoms with E-state index in [2.05, 4.69) is 23.5 Å². The van der Waals surface area contributed by atoms with E-state index < -0.39 is 0 Å². The van der Waals surface area contributed by atoms with Crippen LogP contribution in [0, 0.1) is 5.41 Å². The van der Waals surface area contributed by atoms with Gasteiger partial charge >= 0.3 is 0 Å². The number of rotatable bonds is 3. The van der Waals surface area contributed by atoms with E-state index >= 15 is 0 Å². The molecule has 0 unspecified atom stereocenters. The van der Waals surface area contributed by atoms with Crippen molar-refractivity contribution in [2.75, 3.05) is 11.9 Å². The molecule has 2 aromatic carbocycles. The minimum absolute atomic E-state index is 0.00576. The molecule has 1 atom stereocenters. The van der Waals surface area contributed by atoms with Crippen LogP contribution in [0.5, 0.6) is 5.75 Å². The number of carbonyl (C=O) groups is 2. The summed E-state index contributed by atoms with van der Waals surface area (Å²) in [7, 11) is 0. The second kappa shape index (κ2) is 8.13. The van der Waals surface area contributed by atoms with Gasteiger partial charge in [0.05, 0.1) is 12.6 Å². The number of carbonyl (C=O) groups excluding carboxylic acids is 2. The molecule has 30 heavy (non-hydrogen) atoms. The largest absolute Gasteiger partial charge is 0.483 e. The average Bonchev–Trinajstić information content (AvgIpc) is 2.85. The fourth-order valence-electron chi connectivity index (χ4n) is 4.44. The third-order valence-corrected chi connectivity index (χ3v) is 5.76. The standard InChI is InChI=1S/C25H30N2O3/c1-25(2,3)14-23(28)26-19-11-12-22-18(13-19)15-27(24(29)16-30-22)21-10-6-8-17-7-4-5-9-20(17)21/h4-5,7,9,11-13,21H,6,8,10,14-16H2,1-3H3,(H,26,28)/t21-/m1/s1. The topological polar surface area (TPSA) is 58.6 Å². The van der Waals surface area contributed by atoms with Crippen molar-refractivity contribution in [3.63, 3.8) is 0 Å². The van der Waals surface area contributed by atoms with Gasteiger partial charge in [0.2, 0.25) is 5.91 Å². The van der Waals surface area contributed by atoms with E-state index in [9.17, 15) is 9.59 Å². The first-order valence-electron chi connectivity index (χ1n) is 10.7. The van der Waals surface area contributed by atoms with Crippen molar-refractivity contribution in [2.45, 2.75) is 59.0 Å². The minimum Gasteiger partial charge on any atom is -0.483 e. The number of nitrogens with zero attached hydrogens (tertiary/aromatic N) is 1. The number of hydrogen-bond acceptors (Lipinski definition) is 3. The first-order chi connectivity index (χ1) is 14.3. The quantitative estimate of drug-likeness (QED) is 0.792. The summed E-state index contributed by atoms with van der Waals surface area (Å²) in [6.07, 6.45) is 3.54. The molecular formula is C25H30N2O3. The van der Waals surface area contributed by atoms with E-state index in [1.165, 1.54) is 11.1 Å². The first kappa shape index (κ1) is 20.5. The van der Waals surface area contributed by atoms with E-state index in [-0.39, 0.29) is 29.9 Å². The fraction of sp³-hybridized carbons (Fsp3) is 0.440. The van der Waals surface area contributed by atoms with Crippen molar-refractivity contribution in [3.8, 4) is 5.75 Å². The summed E-state index contributed by atoms with van der Waals surface area (Å²) in [5, 5.41) is 2.99. The first-order valence-corrected chi connectivity index (χ1v) is 10.7. The van der Waals surface area contributed by atoms with Crippen molar-refractivity contribution in [1.82, 2.24) is 4.90 Å². The maximum atomic E-state index is 12.9. The van der Waals surface area contributed by atoms with Gasteiger partial charge in [-0.3, -0.25) is 9.59 Å². The lowest BCUT2D eigenvalue weighted by molar-refractivity contribution is -0.136. The van der Waals surface area contributed by atoms with Gasteiger partial charge in [0.1, 0.15) is 5.75 Å². The molecule has 0 saturated heterocycles. The van der Waals surface area contributed by atoms with Gasteiger partial charge in [0, 0.05) is 17.7 Å². The Morgan fingerprint density at radius 1 is 1.17 bits per heavy atom. The molecule has 1 aliphatic heterocycles. The lowest BCUT2D eigenvalue weighted by Crippen LogP contribution is -2.37. The van der Waals surface area contributed by atoms with E-state index in [0.29, 0.717) is 18.7 Å². The number of amides is 2. The Hall–Kier alpha value is -2.82. The van der Waals surface area contributed by atoms with Crippen LogP contribution in [0.4, 0.5) is 5.69 Å². The number of ether oxygens (including phenoxy) is 1. The molecule has 0 saturated carbocycles. The average molecular weight is 407 g/mol. The maximum Gasteiger partial charge on any atom is 0.261 e. The molecule has 0 radical (unpaired) electrons. The summed E-state index contributed by atoms with van der Waals surface area (Å²) in [6.45, 7) is 6.66. The fourth-order valence-corrected chi connectivity index (χ4v) is 4.44. The number of benzene rings is 2. The predicted octanol–water partition coefficient (Wildman–Crippen LogP) is 4.86. The molecule has 5 nitrogen and oxygen atoms in total. The van der Waals surface area contributed by atoms with Crippen LogP contribution in [0.2, 0.25) is 0 Å². The Morgan fingerprint density at radius 2 is 1.97 bits per heavy atom. The van der Waals surface area contributed by atoms with Gasteiger partial charge < -0.3 is 15.0 Å². The molecule has 5 heteroatoms. The van der Waals surface area contributed by atoms with Crippen LogP contribution < -0.4 is 10.1 Å². The van der Waals surface area contributed by atoms with Crippen molar-refractivity contribution < 1.29 is 14.3 Å². The normalized spacial score (nSPS) is 18.7. The lowest BCUT2D eigenvalue weighted by atomic mass is 9.86.